The number of aromatic nitrogens is 2. The highest BCUT2D eigenvalue weighted by atomic mass is 16.5. The topological polar surface area (TPSA) is 64.3 Å². The number of imidazole rings is 1. The molecule has 4 aliphatic rings. The Bertz CT molecular complexity index is 810. The molecule has 172 valence electrons. The molecule has 0 aromatic carbocycles. The van der Waals surface area contributed by atoms with E-state index in [-0.39, 0.29) is 11.3 Å². The Hall–Kier alpha value is -1.20. The van der Waals surface area contributed by atoms with Gasteiger partial charge in [0.15, 0.2) is 5.78 Å². The number of rotatable bonds is 5. The van der Waals surface area contributed by atoms with E-state index in [4.69, 9.17) is 4.74 Å². The maximum Gasteiger partial charge on any atom is 0.156 e. The first-order chi connectivity index (χ1) is 14.8. The first-order valence-electron chi connectivity index (χ1n) is 12.5. The van der Waals surface area contributed by atoms with Gasteiger partial charge in [0.2, 0.25) is 0 Å². The number of carbonyl (C=O) groups excluding carboxylic acids is 1. The van der Waals surface area contributed by atoms with Crippen molar-refractivity contribution in [1.82, 2.24) is 9.55 Å². The lowest BCUT2D eigenvalue weighted by atomic mass is 9.44. The minimum absolute atomic E-state index is 0.160. The van der Waals surface area contributed by atoms with Crippen molar-refractivity contribution in [1.29, 1.82) is 0 Å². The van der Waals surface area contributed by atoms with Crippen molar-refractivity contribution in [2.45, 2.75) is 83.8 Å². The molecule has 0 spiro atoms. The van der Waals surface area contributed by atoms with Crippen molar-refractivity contribution in [2.75, 3.05) is 13.7 Å². The number of Topliss-reactive ketones (excluding diaryl/α,β-unsaturated/α-hetero) is 1. The maximum atomic E-state index is 13.3. The highest BCUT2D eigenvalue weighted by Gasteiger charge is 2.62. The molecule has 0 saturated heterocycles. The number of ketones is 1. The lowest BCUT2D eigenvalue weighted by Crippen LogP contribution is -2.56. The first-order valence-corrected chi connectivity index (χ1v) is 12.5. The third kappa shape index (κ3) is 3.42. The van der Waals surface area contributed by atoms with Gasteiger partial charge in [0, 0.05) is 25.4 Å². The second-order valence-corrected chi connectivity index (χ2v) is 11.9. The summed E-state index contributed by atoms with van der Waals surface area (Å²) in [6, 6.07) is 0. The smallest absolute Gasteiger partial charge is 0.156 e. The minimum Gasteiger partial charge on any atom is -0.387 e. The van der Waals surface area contributed by atoms with Gasteiger partial charge in [-0.2, -0.15) is 0 Å². The van der Waals surface area contributed by atoms with Crippen LogP contribution in [0.25, 0.3) is 0 Å². The molecular formula is C26H40N2O3. The summed E-state index contributed by atoms with van der Waals surface area (Å²) in [4.78, 5) is 17.4. The minimum atomic E-state index is -0.632. The van der Waals surface area contributed by atoms with Crippen LogP contribution in [0.2, 0.25) is 0 Å². The highest BCUT2D eigenvalue weighted by molar-refractivity contribution is 5.82. The van der Waals surface area contributed by atoms with Gasteiger partial charge in [0.1, 0.15) is 0 Å². The summed E-state index contributed by atoms with van der Waals surface area (Å²) in [7, 11) is 1.70. The zero-order valence-electron chi connectivity index (χ0n) is 19.6. The predicted octanol–water partition coefficient (Wildman–Crippen LogP) is 4.49. The van der Waals surface area contributed by atoms with Gasteiger partial charge in [-0.3, -0.25) is 4.79 Å². The lowest BCUT2D eigenvalue weighted by molar-refractivity contribution is -0.164. The largest absolute Gasteiger partial charge is 0.387 e. The van der Waals surface area contributed by atoms with Crippen LogP contribution in [0, 0.1) is 40.4 Å². The molecule has 0 bridgehead atoms. The summed E-state index contributed by atoms with van der Waals surface area (Å²) in [5.41, 5.74) is -0.135. The zero-order valence-corrected chi connectivity index (χ0v) is 19.6. The summed E-state index contributed by atoms with van der Waals surface area (Å²) in [6.07, 6.45) is 15.5. The van der Waals surface area contributed by atoms with Crippen molar-refractivity contribution < 1.29 is 14.6 Å². The Morgan fingerprint density at radius 1 is 1.10 bits per heavy atom. The molecule has 4 fully saturated rings. The number of hydrogen-bond acceptors (Lipinski definition) is 4. The van der Waals surface area contributed by atoms with Crippen LogP contribution in [0.1, 0.15) is 71.6 Å². The fraction of sp³-hybridized carbons (Fsp3) is 0.846. The molecule has 4 saturated carbocycles. The fourth-order valence-corrected chi connectivity index (χ4v) is 8.92. The molecule has 4 aliphatic carbocycles. The van der Waals surface area contributed by atoms with E-state index in [9.17, 15) is 9.90 Å². The molecule has 0 amide bonds. The standard InChI is InChI=1S/C26H40N2O3/c1-24-10-11-26(30,16-31-3)14-18(24)4-5-19-20-6-7-22(25(20,2)9-8-21(19)24)23(29)15-28-13-12-27-17-28/h12-13,17-22,30H,4-11,14-16H2,1-3H3/t18-,19-,20-,21-,22+,24-,25-,26-/m0/s1. The zero-order chi connectivity index (χ0) is 21.9. The molecule has 5 nitrogen and oxygen atoms in total. The summed E-state index contributed by atoms with van der Waals surface area (Å²) in [5.74, 6) is 3.39. The molecule has 5 heteroatoms. The Morgan fingerprint density at radius 3 is 2.65 bits per heavy atom. The van der Waals surface area contributed by atoms with E-state index in [0.717, 1.165) is 37.5 Å². The molecule has 8 atom stereocenters. The van der Waals surface area contributed by atoms with Gasteiger partial charge in [-0.1, -0.05) is 13.8 Å². The summed E-state index contributed by atoms with van der Waals surface area (Å²) >= 11 is 0. The number of hydrogen-bond donors (Lipinski definition) is 1. The van der Waals surface area contributed by atoms with E-state index in [2.05, 4.69) is 18.8 Å². The van der Waals surface area contributed by atoms with E-state index >= 15 is 0 Å². The van der Waals surface area contributed by atoms with Crippen LogP contribution in [0.15, 0.2) is 18.7 Å². The quantitative estimate of drug-likeness (QED) is 0.751. The van der Waals surface area contributed by atoms with Crippen molar-refractivity contribution in [3.8, 4) is 0 Å². The van der Waals surface area contributed by atoms with Gasteiger partial charge in [-0.25, -0.2) is 4.98 Å². The highest BCUT2D eigenvalue weighted by Crippen LogP contribution is 2.68. The van der Waals surface area contributed by atoms with E-state index in [0.29, 0.717) is 36.2 Å². The van der Waals surface area contributed by atoms with Gasteiger partial charge in [-0.15, -0.1) is 0 Å². The Kier molecular flexibility index (Phi) is 5.37. The molecule has 1 aromatic heterocycles. The molecule has 31 heavy (non-hydrogen) atoms. The van der Waals surface area contributed by atoms with Gasteiger partial charge < -0.3 is 14.4 Å². The molecule has 0 aliphatic heterocycles. The number of carbonyl (C=O) groups is 1. The molecule has 1 N–H and O–H groups in total. The fourth-order valence-electron chi connectivity index (χ4n) is 8.92. The third-order valence-corrected chi connectivity index (χ3v) is 10.5. The Morgan fingerprint density at radius 2 is 1.90 bits per heavy atom. The molecule has 1 heterocycles. The van der Waals surface area contributed by atoms with E-state index < -0.39 is 5.60 Å². The second-order valence-electron chi connectivity index (χ2n) is 11.9. The van der Waals surface area contributed by atoms with Crippen LogP contribution in [-0.2, 0) is 16.1 Å². The van der Waals surface area contributed by atoms with Crippen LogP contribution >= 0.6 is 0 Å². The average molecular weight is 429 g/mol. The van der Waals surface area contributed by atoms with Crippen LogP contribution in [0.4, 0.5) is 0 Å². The van der Waals surface area contributed by atoms with Gasteiger partial charge in [-0.05, 0) is 92.3 Å². The Labute approximate surface area is 187 Å². The van der Waals surface area contributed by atoms with Crippen molar-refractivity contribution in [2.24, 2.45) is 40.4 Å². The normalized spacial score (nSPS) is 46.8. The first kappa shape index (κ1) is 21.6. The number of aliphatic hydroxyl groups is 1. The van der Waals surface area contributed by atoms with Gasteiger partial charge in [0.25, 0.3) is 0 Å². The van der Waals surface area contributed by atoms with Crippen LogP contribution in [-0.4, -0.2) is 39.8 Å². The van der Waals surface area contributed by atoms with E-state index in [1.807, 2.05) is 10.8 Å². The lowest BCUT2D eigenvalue weighted by Gasteiger charge is -2.62. The van der Waals surface area contributed by atoms with Crippen molar-refractivity contribution >= 4 is 5.78 Å². The molecular weight excluding hydrogens is 388 g/mol. The molecule has 0 radical (unpaired) electrons. The van der Waals surface area contributed by atoms with Gasteiger partial charge in [0.05, 0.1) is 25.1 Å². The molecule has 5 rings (SSSR count). The predicted molar refractivity (Wildman–Crippen MR) is 119 cm³/mol. The van der Waals surface area contributed by atoms with Gasteiger partial charge >= 0.3 is 0 Å². The third-order valence-electron chi connectivity index (χ3n) is 10.5. The van der Waals surface area contributed by atoms with E-state index in [1.54, 1.807) is 19.6 Å². The van der Waals surface area contributed by atoms with Crippen molar-refractivity contribution in [3.05, 3.63) is 18.7 Å². The second kappa shape index (κ2) is 7.69. The number of fused-ring (bicyclic) bond motifs is 5. The van der Waals surface area contributed by atoms with Crippen LogP contribution in [0.3, 0.4) is 0 Å². The van der Waals surface area contributed by atoms with Crippen molar-refractivity contribution in [3.63, 3.8) is 0 Å². The average Bonchev–Trinajstić information content (AvgIpc) is 3.35. The maximum absolute atomic E-state index is 13.3. The number of ether oxygens (including phenoxy) is 1. The van der Waals surface area contributed by atoms with Crippen LogP contribution in [0.5, 0.6) is 0 Å². The summed E-state index contributed by atoms with van der Waals surface area (Å²) in [5, 5.41) is 11.0. The number of nitrogens with zero attached hydrogens (tertiary/aromatic N) is 2. The molecule has 1 aromatic rings. The number of methoxy groups -OCH3 is 1. The van der Waals surface area contributed by atoms with E-state index in [1.165, 1.54) is 32.1 Å². The Balaban J connectivity index is 1.33. The monoisotopic (exact) mass is 428 g/mol. The van der Waals surface area contributed by atoms with Crippen LogP contribution < -0.4 is 0 Å². The molecule has 0 unspecified atom stereocenters. The summed E-state index contributed by atoms with van der Waals surface area (Å²) in [6.45, 7) is 5.90. The SMILES string of the molecule is COC[C@]1(O)CC[C@@]2(C)[C@@H](CC[C@@H]3[C@@H]2CC[C@]2(C)[C@@H](C(=O)Cn4ccnc4)CC[C@@H]32)C1. The summed E-state index contributed by atoms with van der Waals surface area (Å²) < 4.78 is 7.29.